The lowest BCUT2D eigenvalue weighted by atomic mass is 9.95. The molecule has 0 spiro atoms. The maximum atomic E-state index is 13.1. The smallest absolute Gasteiger partial charge is 0.296 e. The first-order valence-corrected chi connectivity index (χ1v) is 10.5. The van der Waals surface area contributed by atoms with E-state index in [0.717, 1.165) is 12.0 Å². The Morgan fingerprint density at radius 3 is 2.62 bits per heavy atom. The number of Topliss-reactive ketones (excluding diaryl/α,β-unsaturated/α-hetero) is 1. The summed E-state index contributed by atoms with van der Waals surface area (Å²) in [7, 11) is 0. The number of furan rings is 1. The number of aliphatic hydroxyl groups is 1. The average Bonchev–Trinajstić information content (AvgIpc) is 3.41. The van der Waals surface area contributed by atoms with Crippen LogP contribution < -0.4 is 4.74 Å². The molecule has 0 radical (unpaired) electrons. The van der Waals surface area contributed by atoms with Crippen molar-refractivity contribution in [2.75, 3.05) is 6.61 Å². The summed E-state index contributed by atoms with van der Waals surface area (Å²) < 4.78 is 11.1. The van der Waals surface area contributed by atoms with Crippen LogP contribution in [0.2, 0.25) is 0 Å². The highest BCUT2D eigenvalue weighted by molar-refractivity contribution is 6.46. The lowest BCUT2D eigenvalue weighted by Crippen LogP contribution is -2.29. The summed E-state index contributed by atoms with van der Waals surface area (Å²) in [6, 6.07) is 11.4. The molecule has 1 aliphatic heterocycles. The number of hydrogen-bond acceptors (Lipinski definition) is 6. The molecule has 3 heterocycles. The van der Waals surface area contributed by atoms with Crippen molar-refractivity contribution in [3.05, 3.63) is 89.1 Å². The summed E-state index contributed by atoms with van der Waals surface area (Å²) in [4.78, 5) is 31.5. The second-order valence-corrected chi connectivity index (χ2v) is 7.62. The van der Waals surface area contributed by atoms with Crippen LogP contribution in [-0.4, -0.2) is 33.3 Å². The molecular weight excluding hydrogens is 408 g/mol. The summed E-state index contributed by atoms with van der Waals surface area (Å²) in [5.41, 5.74) is 1.98. The van der Waals surface area contributed by atoms with Gasteiger partial charge in [-0.2, -0.15) is 0 Å². The van der Waals surface area contributed by atoms with Gasteiger partial charge in [-0.05, 0) is 66.9 Å². The number of ether oxygens (including phenoxy) is 1. The fourth-order valence-electron chi connectivity index (χ4n) is 3.83. The van der Waals surface area contributed by atoms with Crippen LogP contribution in [0.3, 0.4) is 0 Å². The van der Waals surface area contributed by atoms with E-state index < -0.39 is 17.7 Å². The van der Waals surface area contributed by atoms with Crippen molar-refractivity contribution in [2.24, 2.45) is 0 Å². The molecule has 7 nitrogen and oxygen atoms in total. The van der Waals surface area contributed by atoms with Gasteiger partial charge in [-0.1, -0.05) is 6.92 Å². The summed E-state index contributed by atoms with van der Waals surface area (Å²) in [6.07, 6.45) is 5.57. The van der Waals surface area contributed by atoms with Crippen molar-refractivity contribution in [2.45, 2.75) is 32.9 Å². The third-order valence-electron chi connectivity index (χ3n) is 5.38. The van der Waals surface area contributed by atoms with Gasteiger partial charge in [0.2, 0.25) is 0 Å². The Morgan fingerprint density at radius 2 is 1.97 bits per heavy atom. The number of carbonyl (C=O) groups is 2. The molecule has 1 saturated heterocycles. The van der Waals surface area contributed by atoms with Gasteiger partial charge in [0.15, 0.2) is 0 Å². The van der Waals surface area contributed by atoms with E-state index in [4.69, 9.17) is 9.15 Å². The van der Waals surface area contributed by atoms with Gasteiger partial charge in [0, 0.05) is 18.0 Å². The second-order valence-electron chi connectivity index (χ2n) is 7.62. The van der Waals surface area contributed by atoms with E-state index in [9.17, 15) is 14.7 Å². The Morgan fingerprint density at radius 1 is 1.19 bits per heavy atom. The van der Waals surface area contributed by atoms with Crippen LogP contribution in [0.5, 0.6) is 5.75 Å². The number of aryl methyl sites for hydroxylation is 1. The van der Waals surface area contributed by atoms with Crippen LogP contribution in [0.1, 0.15) is 41.8 Å². The highest BCUT2D eigenvalue weighted by atomic mass is 16.5. The molecular formula is C25H24N2O5. The summed E-state index contributed by atoms with van der Waals surface area (Å²) >= 11 is 0. The third kappa shape index (κ3) is 4.01. The molecule has 1 amide bonds. The normalized spacial score (nSPS) is 17.7. The van der Waals surface area contributed by atoms with Gasteiger partial charge in [0.1, 0.15) is 17.3 Å². The quantitative estimate of drug-likeness (QED) is 0.338. The van der Waals surface area contributed by atoms with Gasteiger partial charge in [-0.15, -0.1) is 0 Å². The van der Waals surface area contributed by atoms with Gasteiger partial charge in [-0.25, -0.2) is 0 Å². The monoisotopic (exact) mass is 432 g/mol. The third-order valence-corrected chi connectivity index (χ3v) is 5.38. The molecule has 32 heavy (non-hydrogen) atoms. The molecule has 0 saturated carbocycles. The van der Waals surface area contributed by atoms with Crippen molar-refractivity contribution in [3.8, 4) is 5.75 Å². The van der Waals surface area contributed by atoms with Crippen LogP contribution in [0.25, 0.3) is 5.76 Å². The number of hydrogen-bond donors (Lipinski definition) is 1. The molecule has 164 valence electrons. The first-order chi connectivity index (χ1) is 15.5. The Balaban J connectivity index is 1.79. The zero-order chi connectivity index (χ0) is 22.7. The van der Waals surface area contributed by atoms with E-state index in [2.05, 4.69) is 4.98 Å². The first kappa shape index (κ1) is 21.4. The lowest BCUT2D eigenvalue weighted by molar-refractivity contribution is -0.140. The fourth-order valence-corrected chi connectivity index (χ4v) is 3.83. The number of nitrogens with zero attached hydrogens (tertiary/aromatic N) is 2. The minimum atomic E-state index is -0.764. The number of likely N-dealkylation sites (tertiary alicyclic amines) is 1. The number of ketones is 1. The standard InChI is InChI=1S/C25H24N2O5/c1-3-12-32-20-7-6-18(14-16(20)2)23(28)21-22(17-8-10-26-11-9-17)27(25(30)24(21)29)15-19-5-4-13-31-19/h4-11,13-14,22,28H,3,12,15H2,1-2H3/b23-21-. The van der Waals surface area contributed by atoms with E-state index in [1.807, 2.05) is 13.8 Å². The van der Waals surface area contributed by atoms with Crippen LogP contribution in [-0.2, 0) is 16.1 Å². The van der Waals surface area contributed by atoms with E-state index in [1.165, 1.54) is 11.2 Å². The van der Waals surface area contributed by atoms with Crippen LogP contribution >= 0.6 is 0 Å². The lowest BCUT2D eigenvalue weighted by Gasteiger charge is -2.24. The zero-order valence-corrected chi connectivity index (χ0v) is 17.9. The molecule has 3 aromatic rings. The molecule has 2 aromatic heterocycles. The number of pyridine rings is 1. The maximum Gasteiger partial charge on any atom is 0.296 e. The van der Waals surface area contributed by atoms with Crippen LogP contribution in [0.4, 0.5) is 0 Å². The molecule has 1 unspecified atom stereocenters. The molecule has 1 aromatic carbocycles. The summed E-state index contributed by atoms with van der Waals surface area (Å²) in [6.45, 7) is 4.59. The maximum absolute atomic E-state index is 13.1. The van der Waals surface area contributed by atoms with Crippen LogP contribution in [0.15, 0.2) is 71.1 Å². The Hall–Kier alpha value is -3.87. The SMILES string of the molecule is CCCOc1ccc(/C(O)=C2/C(=O)C(=O)N(Cc3ccco3)C2c2ccncc2)cc1C. The minimum absolute atomic E-state index is 0.0365. The van der Waals surface area contributed by atoms with Gasteiger partial charge >= 0.3 is 0 Å². The first-order valence-electron chi connectivity index (χ1n) is 10.5. The Kier molecular flexibility index (Phi) is 6.07. The fraction of sp³-hybridized carbons (Fsp3) is 0.240. The Labute approximate surface area is 186 Å². The van der Waals surface area contributed by atoms with E-state index >= 15 is 0 Å². The Bertz CT molecular complexity index is 1150. The minimum Gasteiger partial charge on any atom is -0.507 e. The van der Waals surface area contributed by atoms with Crippen molar-refractivity contribution < 1.29 is 23.8 Å². The molecule has 1 atom stereocenters. The number of aliphatic hydroxyl groups excluding tert-OH is 1. The van der Waals surface area contributed by atoms with Crippen molar-refractivity contribution in [3.63, 3.8) is 0 Å². The number of rotatable bonds is 7. The van der Waals surface area contributed by atoms with Gasteiger partial charge in [-0.3, -0.25) is 14.6 Å². The number of amides is 1. The summed E-state index contributed by atoms with van der Waals surface area (Å²) in [5, 5.41) is 11.2. The topological polar surface area (TPSA) is 92.9 Å². The molecule has 1 aliphatic rings. The molecule has 1 N–H and O–H groups in total. The van der Waals surface area contributed by atoms with Crippen molar-refractivity contribution in [1.29, 1.82) is 0 Å². The zero-order valence-electron chi connectivity index (χ0n) is 17.9. The van der Waals surface area contributed by atoms with Crippen molar-refractivity contribution in [1.82, 2.24) is 9.88 Å². The van der Waals surface area contributed by atoms with E-state index in [1.54, 1.807) is 54.9 Å². The van der Waals surface area contributed by atoms with E-state index in [0.29, 0.717) is 29.2 Å². The molecule has 0 bridgehead atoms. The van der Waals surface area contributed by atoms with Gasteiger partial charge < -0.3 is 19.2 Å². The molecule has 1 fully saturated rings. The number of aromatic nitrogens is 1. The number of benzene rings is 1. The highest BCUT2D eigenvalue weighted by Crippen LogP contribution is 2.40. The highest BCUT2D eigenvalue weighted by Gasteiger charge is 2.46. The van der Waals surface area contributed by atoms with Crippen LogP contribution in [0, 0.1) is 6.92 Å². The van der Waals surface area contributed by atoms with Gasteiger partial charge in [0.05, 0.1) is 31.0 Å². The predicted octanol–water partition coefficient (Wildman–Crippen LogP) is 4.39. The van der Waals surface area contributed by atoms with Gasteiger partial charge in [0.25, 0.3) is 11.7 Å². The largest absolute Gasteiger partial charge is 0.507 e. The molecule has 4 rings (SSSR count). The summed E-state index contributed by atoms with van der Waals surface area (Å²) in [5.74, 6) is -0.395. The number of carbonyl (C=O) groups excluding carboxylic acids is 2. The molecule has 7 heteroatoms. The van der Waals surface area contributed by atoms with E-state index in [-0.39, 0.29) is 17.9 Å². The average molecular weight is 432 g/mol. The van der Waals surface area contributed by atoms with Crippen molar-refractivity contribution >= 4 is 17.4 Å². The second kappa shape index (κ2) is 9.09. The predicted molar refractivity (Wildman–Crippen MR) is 118 cm³/mol. The molecule has 0 aliphatic carbocycles.